The van der Waals surface area contributed by atoms with Crippen molar-refractivity contribution < 1.29 is 4.79 Å². The number of nitrogens with one attached hydrogen (secondary N) is 1. The Bertz CT molecular complexity index is 1190. The number of aryl methyl sites for hydroxylation is 2. The van der Waals surface area contributed by atoms with Crippen LogP contribution in [0, 0.1) is 6.92 Å². The Labute approximate surface area is 175 Å². The maximum atomic E-state index is 13.2. The summed E-state index contributed by atoms with van der Waals surface area (Å²) in [6, 6.07) is 10.0. The second-order valence-electron chi connectivity index (χ2n) is 7.84. The Hall–Kier alpha value is -3.48. The van der Waals surface area contributed by atoms with Crippen LogP contribution in [-0.2, 0) is 20.1 Å². The van der Waals surface area contributed by atoms with Crippen LogP contribution < -0.4 is 5.32 Å². The second-order valence-corrected chi connectivity index (χ2v) is 7.84. The van der Waals surface area contributed by atoms with Gasteiger partial charge in [0.1, 0.15) is 0 Å². The summed E-state index contributed by atoms with van der Waals surface area (Å²) in [7, 11) is 1.86. The quantitative estimate of drug-likeness (QED) is 0.535. The van der Waals surface area contributed by atoms with E-state index in [1.807, 2.05) is 49.0 Å². The van der Waals surface area contributed by atoms with Crippen molar-refractivity contribution in [1.29, 1.82) is 0 Å². The Balaban J connectivity index is 1.62. The van der Waals surface area contributed by atoms with E-state index in [4.69, 9.17) is 4.98 Å². The maximum Gasteiger partial charge on any atom is 0.252 e. The minimum atomic E-state index is -0.113. The van der Waals surface area contributed by atoms with Gasteiger partial charge in [0, 0.05) is 38.2 Å². The summed E-state index contributed by atoms with van der Waals surface area (Å²) in [5.74, 6) is 0.102. The number of pyridine rings is 1. The Morgan fingerprint density at radius 1 is 1.20 bits per heavy atom. The highest BCUT2D eigenvalue weighted by atomic mass is 16.1. The molecule has 0 aliphatic carbocycles. The van der Waals surface area contributed by atoms with Crippen molar-refractivity contribution in [3.8, 4) is 0 Å². The van der Waals surface area contributed by atoms with Gasteiger partial charge in [-0.15, -0.1) is 0 Å². The average molecular weight is 403 g/mol. The zero-order valence-electron chi connectivity index (χ0n) is 17.8. The molecule has 1 N–H and O–H groups in total. The molecule has 0 bridgehead atoms. The lowest BCUT2D eigenvalue weighted by molar-refractivity contribution is 0.0952. The lowest BCUT2D eigenvalue weighted by atomic mass is 10.0. The van der Waals surface area contributed by atoms with E-state index in [1.54, 1.807) is 17.2 Å². The zero-order valence-corrected chi connectivity index (χ0v) is 17.8. The summed E-state index contributed by atoms with van der Waals surface area (Å²) in [4.78, 5) is 22.0. The normalized spacial score (nSPS) is 11.4. The number of rotatable bonds is 6. The molecule has 7 heteroatoms. The highest BCUT2D eigenvalue weighted by Crippen LogP contribution is 2.25. The summed E-state index contributed by atoms with van der Waals surface area (Å²) >= 11 is 0. The fourth-order valence-corrected chi connectivity index (χ4v) is 3.67. The molecule has 154 valence electrons. The van der Waals surface area contributed by atoms with Crippen LogP contribution in [0.1, 0.15) is 52.6 Å². The van der Waals surface area contributed by atoms with E-state index in [0.29, 0.717) is 18.7 Å². The van der Waals surface area contributed by atoms with Gasteiger partial charge in [-0.1, -0.05) is 38.1 Å². The number of carbonyl (C=O) groups is 1. The molecule has 1 amide bonds. The van der Waals surface area contributed by atoms with Gasteiger partial charge in [-0.2, -0.15) is 5.10 Å². The van der Waals surface area contributed by atoms with Crippen molar-refractivity contribution >= 4 is 16.9 Å². The molecule has 0 unspecified atom stereocenters. The number of carbonyl (C=O) groups excluding carboxylic acids is 1. The number of fused-ring (bicyclic) bond motifs is 1. The minimum Gasteiger partial charge on any atom is -0.348 e. The SMILES string of the molecule is Cc1nn(C)c2nc(C(C)C)cc(C(=O)NCc3ccccc3Cn3ccnc3)c12. The topological polar surface area (TPSA) is 77.6 Å². The van der Waals surface area contributed by atoms with Crippen LogP contribution >= 0.6 is 0 Å². The third-order valence-electron chi connectivity index (χ3n) is 5.29. The predicted octanol–water partition coefficient (Wildman–Crippen LogP) is 3.57. The van der Waals surface area contributed by atoms with Gasteiger partial charge in [-0.25, -0.2) is 9.97 Å². The van der Waals surface area contributed by atoms with Gasteiger partial charge >= 0.3 is 0 Å². The first-order chi connectivity index (χ1) is 14.4. The number of imidazole rings is 1. The van der Waals surface area contributed by atoms with E-state index in [1.165, 1.54) is 0 Å². The van der Waals surface area contributed by atoms with E-state index in [2.05, 4.69) is 35.3 Å². The molecule has 0 spiro atoms. The first-order valence-electron chi connectivity index (χ1n) is 10.1. The van der Waals surface area contributed by atoms with E-state index < -0.39 is 0 Å². The van der Waals surface area contributed by atoms with Crippen LogP contribution in [0.4, 0.5) is 0 Å². The van der Waals surface area contributed by atoms with Gasteiger partial charge in [0.25, 0.3) is 5.91 Å². The number of benzene rings is 1. The van der Waals surface area contributed by atoms with Crippen molar-refractivity contribution in [2.45, 2.75) is 39.8 Å². The van der Waals surface area contributed by atoms with Crippen molar-refractivity contribution in [1.82, 2.24) is 29.6 Å². The molecule has 3 heterocycles. The standard InChI is InChI=1S/C23H26N6O/c1-15(2)20-11-19(21-16(3)27-28(4)22(21)26-20)23(30)25-12-17-7-5-6-8-18(17)13-29-10-9-24-14-29/h5-11,14-15H,12-13H2,1-4H3,(H,25,30). The number of amides is 1. The van der Waals surface area contributed by atoms with Gasteiger partial charge < -0.3 is 9.88 Å². The third kappa shape index (κ3) is 3.83. The summed E-state index contributed by atoms with van der Waals surface area (Å²) in [5, 5.41) is 8.39. The molecule has 3 aromatic heterocycles. The molecule has 30 heavy (non-hydrogen) atoms. The van der Waals surface area contributed by atoms with Gasteiger partial charge in [0.15, 0.2) is 5.65 Å². The lowest BCUT2D eigenvalue weighted by Gasteiger charge is -2.13. The monoisotopic (exact) mass is 402 g/mol. The molecule has 0 saturated heterocycles. The van der Waals surface area contributed by atoms with Crippen molar-refractivity contribution in [3.05, 3.63) is 77.1 Å². The molecule has 4 rings (SSSR count). The molecule has 1 aromatic carbocycles. The molecule has 7 nitrogen and oxygen atoms in total. The largest absolute Gasteiger partial charge is 0.348 e. The summed E-state index contributed by atoms with van der Waals surface area (Å²) in [5.41, 5.74) is 5.29. The molecular formula is C23H26N6O. The van der Waals surface area contributed by atoms with Crippen LogP contribution in [0.3, 0.4) is 0 Å². The zero-order chi connectivity index (χ0) is 21.3. The van der Waals surface area contributed by atoms with Gasteiger partial charge in [0.2, 0.25) is 0 Å². The first kappa shape index (κ1) is 19.8. The van der Waals surface area contributed by atoms with Crippen LogP contribution in [0.5, 0.6) is 0 Å². The summed E-state index contributed by atoms with van der Waals surface area (Å²) in [6.07, 6.45) is 5.49. The van der Waals surface area contributed by atoms with E-state index in [9.17, 15) is 4.79 Å². The van der Waals surface area contributed by atoms with Crippen LogP contribution in [-0.4, -0.2) is 30.2 Å². The lowest BCUT2D eigenvalue weighted by Crippen LogP contribution is -2.24. The molecule has 0 fully saturated rings. The minimum absolute atomic E-state index is 0.113. The first-order valence-corrected chi connectivity index (χ1v) is 10.1. The van der Waals surface area contributed by atoms with Gasteiger partial charge in [-0.05, 0) is 30.0 Å². The Morgan fingerprint density at radius 3 is 2.67 bits per heavy atom. The van der Waals surface area contributed by atoms with Crippen molar-refractivity contribution in [3.63, 3.8) is 0 Å². The molecule has 0 radical (unpaired) electrons. The molecule has 4 aromatic rings. The molecule has 0 aliphatic heterocycles. The van der Waals surface area contributed by atoms with Gasteiger partial charge in [0.05, 0.1) is 23.0 Å². The fraction of sp³-hybridized carbons (Fsp3) is 0.304. The molecule has 0 saturated carbocycles. The van der Waals surface area contributed by atoms with Crippen LogP contribution in [0.2, 0.25) is 0 Å². The average Bonchev–Trinajstić information content (AvgIpc) is 3.34. The van der Waals surface area contributed by atoms with Crippen LogP contribution in [0.15, 0.2) is 49.1 Å². The fourth-order valence-electron chi connectivity index (χ4n) is 3.67. The molecular weight excluding hydrogens is 376 g/mol. The van der Waals surface area contributed by atoms with Crippen LogP contribution in [0.25, 0.3) is 11.0 Å². The second kappa shape index (κ2) is 8.10. The summed E-state index contributed by atoms with van der Waals surface area (Å²) < 4.78 is 3.76. The van der Waals surface area contributed by atoms with E-state index in [-0.39, 0.29) is 11.8 Å². The maximum absolute atomic E-state index is 13.2. The number of nitrogens with zero attached hydrogens (tertiary/aromatic N) is 5. The summed E-state index contributed by atoms with van der Waals surface area (Å²) in [6.45, 7) is 7.22. The highest BCUT2D eigenvalue weighted by molar-refractivity contribution is 6.06. The predicted molar refractivity (Wildman–Crippen MR) is 116 cm³/mol. The Morgan fingerprint density at radius 2 is 1.97 bits per heavy atom. The molecule has 0 atom stereocenters. The van der Waals surface area contributed by atoms with Crippen molar-refractivity contribution in [2.24, 2.45) is 7.05 Å². The highest BCUT2D eigenvalue weighted by Gasteiger charge is 2.19. The third-order valence-corrected chi connectivity index (χ3v) is 5.29. The van der Waals surface area contributed by atoms with Crippen molar-refractivity contribution in [2.75, 3.05) is 0 Å². The van der Waals surface area contributed by atoms with Gasteiger partial charge in [-0.3, -0.25) is 9.48 Å². The molecule has 0 aliphatic rings. The smallest absolute Gasteiger partial charge is 0.252 e. The Kier molecular flexibility index (Phi) is 5.35. The number of hydrogen-bond donors (Lipinski definition) is 1. The number of hydrogen-bond acceptors (Lipinski definition) is 4. The number of aromatic nitrogens is 5. The van der Waals surface area contributed by atoms with E-state index in [0.717, 1.165) is 33.5 Å². The van der Waals surface area contributed by atoms with E-state index >= 15 is 0 Å².